The minimum absolute atomic E-state index is 0.0483. The fourth-order valence-corrected chi connectivity index (χ4v) is 3.76. The van der Waals surface area contributed by atoms with E-state index in [1.165, 1.54) is 0 Å². The molecule has 1 fully saturated rings. The molecule has 0 saturated carbocycles. The van der Waals surface area contributed by atoms with E-state index in [9.17, 15) is 4.79 Å². The van der Waals surface area contributed by atoms with Gasteiger partial charge in [0.25, 0.3) is 5.91 Å². The van der Waals surface area contributed by atoms with Gasteiger partial charge in [-0.15, -0.1) is 0 Å². The fraction of sp³-hybridized carbons (Fsp3) is 0.208. The van der Waals surface area contributed by atoms with Crippen molar-refractivity contribution in [3.05, 3.63) is 95.6 Å². The second-order valence-corrected chi connectivity index (χ2v) is 7.20. The second-order valence-electron chi connectivity index (χ2n) is 7.20. The zero-order valence-electron chi connectivity index (χ0n) is 15.8. The lowest BCUT2D eigenvalue weighted by Gasteiger charge is -2.24. The minimum Gasteiger partial charge on any atom is -0.399 e. The van der Waals surface area contributed by atoms with Crippen molar-refractivity contribution < 1.29 is 4.79 Å². The van der Waals surface area contributed by atoms with E-state index in [-0.39, 0.29) is 11.9 Å². The number of rotatable bonds is 5. The van der Waals surface area contributed by atoms with Gasteiger partial charge in [0.15, 0.2) is 0 Å². The Morgan fingerprint density at radius 2 is 1.43 bits per heavy atom. The Kier molecular flexibility index (Phi) is 5.29. The Balaban J connectivity index is 1.72. The molecule has 4 rings (SSSR count). The van der Waals surface area contributed by atoms with Gasteiger partial charge in [0.2, 0.25) is 0 Å². The molecule has 1 amide bonds. The summed E-state index contributed by atoms with van der Waals surface area (Å²) in [6.07, 6.45) is 2.13. The summed E-state index contributed by atoms with van der Waals surface area (Å²) in [6.45, 7) is 1.63. The molecular weight excluding hydrogens is 346 g/mol. The molecule has 1 saturated heterocycles. The van der Waals surface area contributed by atoms with Gasteiger partial charge in [0.1, 0.15) is 0 Å². The first-order chi connectivity index (χ1) is 13.7. The number of likely N-dealkylation sites (tertiary alicyclic amines) is 1. The highest BCUT2D eigenvalue weighted by Gasteiger charge is 2.24. The largest absolute Gasteiger partial charge is 0.399 e. The topological polar surface area (TPSA) is 58.4 Å². The van der Waals surface area contributed by atoms with E-state index in [0.717, 1.165) is 42.7 Å². The average molecular weight is 371 g/mol. The normalized spacial score (nSPS) is 13.7. The molecule has 1 aliphatic rings. The predicted molar refractivity (Wildman–Crippen MR) is 114 cm³/mol. The number of nitrogen functional groups attached to an aromatic ring is 1. The molecule has 0 bridgehead atoms. The van der Waals surface area contributed by atoms with Crippen LogP contribution in [0.5, 0.6) is 0 Å². The molecule has 0 aromatic heterocycles. The molecule has 0 unspecified atom stereocenters. The first kappa shape index (κ1) is 18.1. The Hall–Kier alpha value is -3.27. The van der Waals surface area contributed by atoms with Crippen LogP contribution in [0.3, 0.4) is 0 Å². The van der Waals surface area contributed by atoms with Gasteiger partial charge in [-0.2, -0.15) is 0 Å². The molecule has 3 aromatic rings. The smallest absolute Gasteiger partial charge is 0.256 e. The molecule has 4 heteroatoms. The van der Waals surface area contributed by atoms with E-state index in [1.54, 1.807) is 6.07 Å². The second kappa shape index (κ2) is 8.17. The Morgan fingerprint density at radius 1 is 0.857 bits per heavy atom. The monoisotopic (exact) mass is 371 g/mol. The molecular formula is C24H25N3O. The van der Waals surface area contributed by atoms with E-state index in [1.807, 2.05) is 53.4 Å². The number of amides is 1. The Bertz CT molecular complexity index is 895. The number of nitrogens with one attached hydrogen (secondary N) is 1. The highest BCUT2D eigenvalue weighted by molar-refractivity contribution is 6.00. The summed E-state index contributed by atoms with van der Waals surface area (Å²) in [5, 5.41) is 3.61. The summed E-state index contributed by atoms with van der Waals surface area (Å²) in [5.41, 5.74) is 10.4. The number of nitrogens with two attached hydrogens (primary N) is 1. The number of hydrogen-bond donors (Lipinski definition) is 2. The van der Waals surface area contributed by atoms with E-state index < -0.39 is 0 Å². The van der Waals surface area contributed by atoms with Crippen molar-refractivity contribution in [3.8, 4) is 0 Å². The van der Waals surface area contributed by atoms with Crippen LogP contribution in [-0.4, -0.2) is 23.9 Å². The fourth-order valence-electron chi connectivity index (χ4n) is 3.76. The number of nitrogens with zero attached hydrogens (tertiary/aromatic N) is 1. The summed E-state index contributed by atoms with van der Waals surface area (Å²) in [4.78, 5) is 15.0. The van der Waals surface area contributed by atoms with Crippen molar-refractivity contribution in [1.82, 2.24) is 4.90 Å². The van der Waals surface area contributed by atoms with Gasteiger partial charge in [-0.1, -0.05) is 60.7 Å². The van der Waals surface area contributed by atoms with Crippen LogP contribution in [0, 0.1) is 0 Å². The Morgan fingerprint density at radius 3 is 2.00 bits per heavy atom. The van der Waals surface area contributed by atoms with Gasteiger partial charge in [0.05, 0.1) is 11.6 Å². The van der Waals surface area contributed by atoms with Crippen molar-refractivity contribution in [2.75, 3.05) is 24.1 Å². The lowest BCUT2D eigenvalue weighted by Crippen LogP contribution is -2.28. The van der Waals surface area contributed by atoms with E-state index in [4.69, 9.17) is 5.73 Å². The standard InChI is InChI=1S/C24H25N3O/c25-20-13-14-22(21(17-20)24(28)27-15-7-8-16-27)26-23(18-9-3-1-4-10-18)19-11-5-2-6-12-19/h1-6,9-14,17,23,26H,7-8,15-16,25H2. The van der Waals surface area contributed by atoms with Crippen LogP contribution in [-0.2, 0) is 0 Å². The minimum atomic E-state index is -0.0591. The van der Waals surface area contributed by atoms with Gasteiger partial charge >= 0.3 is 0 Å². The summed E-state index contributed by atoms with van der Waals surface area (Å²) in [6, 6.07) is 26.0. The maximum absolute atomic E-state index is 13.1. The molecule has 28 heavy (non-hydrogen) atoms. The van der Waals surface area contributed by atoms with Crippen LogP contribution in [0.1, 0.15) is 40.4 Å². The van der Waals surface area contributed by atoms with E-state index in [2.05, 4.69) is 29.6 Å². The molecule has 4 nitrogen and oxygen atoms in total. The van der Waals surface area contributed by atoms with Crippen LogP contribution in [0.2, 0.25) is 0 Å². The number of hydrogen-bond acceptors (Lipinski definition) is 3. The zero-order chi connectivity index (χ0) is 19.3. The molecule has 0 aliphatic carbocycles. The van der Waals surface area contributed by atoms with Gasteiger partial charge in [-0.05, 0) is 42.2 Å². The van der Waals surface area contributed by atoms with Crippen LogP contribution in [0.4, 0.5) is 11.4 Å². The highest BCUT2D eigenvalue weighted by Crippen LogP contribution is 2.30. The average Bonchev–Trinajstić information content (AvgIpc) is 3.28. The molecule has 1 aliphatic heterocycles. The zero-order valence-corrected chi connectivity index (χ0v) is 15.8. The number of anilines is 2. The van der Waals surface area contributed by atoms with Crippen LogP contribution >= 0.6 is 0 Å². The van der Waals surface area contributed by atoms with Crippen LogP contribution in [0.25, 0.3) is 0 Å². The van der Waals surface area contributed by atoms with Crippen molar-refractivity contribution in [2.45, 2.75) is 18.9 Å². The third kappa shape index (κ3) is 3.86. The lowest BCUT2D eigenvalue weighted by atomic mass is 9.97. The third-order valence-electron chi connectivity index (χ3n) is 5.23. The first-order valence-corrected chi connectivity index (χ1v) is 9.77. The number of carbonyl (C=O) groups is 1. The SMILES string of the molecule is Nc1ccc(NC(c2ccccc2)c2ccccc2)c(C(=O)N2CCCC2)c1. The van der Waals surface area contributed by atoms with E-state index >= 15 is 0 Å². The lowest BCUT2D eigenvalue weighted by molar-refractivity contribution is 0.0794. The molecule has 0 radical (unpaired) electrons. The van der Waals surface area contributed by atoms with Gasteiger partial charge < -0.3 is 16.0 Å². The van der Waals surface area contributed by atoms with Crippen molar-refractivity contribution in [3.63, 3.8) is 0 Å². The quantitative estimate of drug-likeness (QED) is 0.639. The molecule has 142 valence electrons. The maximum atomic E-state index is 13.1. The number of benzene rings is 3. The first-order valence-electron chi connectivity index (χ1n) is 9.77. The highest BCUT2D eigenvalue weighted by atomic mass is 16.2. The molecule has 0 atom stereocenters. The number of carbonyl (C=O) groups excluding carboxylic acids is 1. The van der Waals surface area contributed by atoms with Crippen LogP contribution < -0.4 is 11.1 Å². The molecule has 3 N–H and O–H groups in total. The third-order valence-corrected chi connectivity index (χ3v) is 5.23. The maximum Gasteiger partial charge on any atom is 0.256 e. The van der Waals surface area contributed by atoms with Crippen molar-refractivity contribution in [2.24, 2.45) is 0 Å². The summed E-state index contributed by atoms with van der Waals surface area (Å²) in [7, 11) is 0. The van der Waals surface area contributed by atoms with Crippen molar-refractivity contribution >= 4 is 17.3 Å². The summed E-state index contributed by atoms with van der Waals surface area (Å²) in [5.74, 6) is 0.0483. The molecule has 3 aromatic carbocycles. The summed E-state index contributed by atoms with van der Waals surface area (Å²) >= 11 is 0. The Labute approximate surface area is 166 Å². The predicted octanol–water partition coefficient (Wildman–Crippen LogP) is 4.71. The van der Waals surface area contributed by atoms with Crippen molar-refractivity contribution in [1.29, 1.82) is 0 Å². The van der Waals surface area contributed by atoms with Gasteiger partial charge in [0, 0.05) is 24.5 Å². The molecule has 0 spiro atoms. The van der Waals surface area contributed by atoms with Gasteiger partial charge in [-0.25, -0.2) is 0 Å². The summed E-state index contributed by atoms with van der Waals surface area (Å²) < 4.78 is 0. The molecule has 1 heterocycles. The van der Waals surface area contributed by atoms with Gasteiger partial charge in [-0.3, -0.25) is 4.79 Å². The van der Waals surface area contributed by atoms with E-state index in [0.29, 0.717) is 11.3 Å². The van der Waals surface area contributed by atoms with Crippen LogP contribution in [0.15, 0.2) is 78.9 Å².